The number of carbonyl (C=O) groups excluding carboxylic acids is 1. The molecule has 12 heteroatoms. The minimum absolute atomic E-state index is 0.0600. The molecule has 2 heterocycles. The number of hydrogen-bond acceptors (Lipinski definition) is 11. The average molecular weight is 801 g/mol. The minimum Gasteiger partial charge on any atom is -0.459 e. The fourth-order valence-electron chi connectivity index (χ4n) is 6.69. The summed E-state index contributed by atoms with van der Waals surface area (Å²) in [5, 5.41) is 22.0. The van der Waals surface area contributed by atoms with Gasteiger partial charge in [0.05, 0.1) is 38.1 Å². The Labute approximate surface area is 336 Å². The molecular weight excluding hydrogens is 745 g/mol. The summed E-state index contributed by atoms with van der Waals surface area (Å²) < 4.78 is 51.7. The van der Waals surface area contributed by atoms with Gasteiger partial charge in [-0.2, -0.15) is 0 Å². The Bertz CT molecular complexity index is 1750. The third-order valence-corrected chi connectivity index (χ3v) is 11.6. The van der Waals surface area contributed by atoms with Crippen molar-refractivity contribution in [2.75, 3.05) is 19.8 Å². The van der Waals surface area contributed by atoms with Gasteiger partial charge in [0.2, 0.25) is 0 Å². The molecule has 0 amide bonds. The molecule has 0 spiro atoms. The van der Waals surface area contributed by atoms with E-state index in [1.54, 1.807) is 30.3 Å². The van der Waals surface area contributed by atoms with Gasteiger partial charge in [-0.3, -0.25) is 0 Å². The molecule has 0 bridgehead atoms. The second-order valence-electron chi connectivity index (χ2n) is 15.7. The summed E-state index contributed by atoms with van der Waals surface area (Å²) in [6, 6.07) is 39.0. The zero-order chi connectivity index (χ0) is 40.0. The SMILES string of the molecule is C[Si](C)(C)CCO[C@@H]1O[C@H](COCc2ccccc2)[C@@H](O[C@H]2C[C@@H](O)[C@@H](O)[C@@H](COC(=O)c3ccccc3)O2)[C@H](OCc2ccccc2)[C@H]1OCc1ccccc1. The van der Waals surface area contributed by atoms with Gasteiger partial charge in [0.1, 0.15) is 43.2 Å². The summed E-state index contributed by atoms with van der Waals surface area (Å²) in [5.74, 6) is -0.576. The summed E-state index contributed by atoms with van der Waals surface area (Å²) in [7, 11) is -1.48. The lowest BCUT2D eigenvalue weighted by atomic mass is 9.97. The van der Waals surface area contributed by atoms with Gasteiger partial charge in [0.15, 0.2) is 12.6 Å². The molecule has 4 aromatic carbocycles. The normalized spacial score (nSPS) is 26.5. The van der Waals surface area contributed by atoms with Crippen molar-refractivity contribution in [3.8, 4) is 0 Å². The van der Waals surface area contributed by atoms with Crippen LogP contribution in [0.4, 0.5) is 0 Å². The van der Waals surface area contributed by atoms with E-state index in [9.17, 15) is 15.0 Å². The first kappa shape index (κ1) is 42.8. The lowest BCUT2D eigenvalue weighted by molar-refractivity contribution is -0.355. The Morgan fingerprint density at radius 3 is 1.77 bits per heavy atom. The first-order valence-corrected chi connectivity index (χ1v) is 23.4. The first-order chi connectivity index (χ1) is 27.6. The van der Waals surface area contributed by atoms with Crippen LogP contribution in [0.5, 0.6) is 0 Å². The van der Waals surface area contributed by atoms with Gasteiger partial charge in [-0.15, -0.1) is 0 Å². The van der Waals surface area contributed by atoms with Crippen molar-refractivity contribution in [1.29, 1.82) is 0 Å². The lowest BCUT2D eigenvalue weighted by Crippen LogP contribution is -2.63. The summed E-state index contributed by atoms with van der Waals surface area (Å²) >= 11 is 0. The summed E-state index contributed by atoms with van der Waals surface area (Å²) in [6.45, 7) is 7.99. The van der Waals surface area contributed by atoms with Gasteiger partial charge >= 0.3 is 5.97 Å². The molecule has 57 heavy (non-hydrogen) atoms. The third-order valence-electron chi connectivity index (χ3n) is 9.92. The van der Waals surface area contributed by atoms with Crippen LogP contribution in [0, 0.1) is 0 Å². The Morgan fingerprint density at radius 1 is 0.649 bits per heavy atom. The highest BCUT2D eigenvalue weighted by atomic mass is 28.3. The van der Waals surface area contributed by atoms with Crippen molar-refractivity contribution >= 4 is 14.0 Å². The summed E-state index contributed by atoms with van der Waals surface area (Å²) in [6.07, 6.45) is -8.68. The molecule has 0 saturated carbocycles. The third kappa shape index (κ3) is 13.1. The second kappa shape index (κ2) is 21.3. The lowest BCUT2D eigenvalue weighted by Gasteiger charge is -2.47. The zero-order valence-electron chi connectivity index (χ0n) is 33.0. The molecule has 2 N–H and O–H groups in total. The Kier molecular flexibility index (Phi) is 16.0. The number of hydrogen-bond donors (Lipinski definition) is 2. The van der Waals surface area contributed by atoms with E-state index in [1.807, 2.05) is 91.0 Å². The van der Waals surface area contributed by atoms with Crippen LogP contribution in [-0.2, 0) is 57.7 Å². The molecule has 2 saturated heterocycles. The Balaban J connectivity index is 1.28. The average Bonchev–Trinajstić information content (AvgIpc) is 3.22. The molecule has 306 valence electrons. The van der Waals surface area contributed by atoms with Gasteiger partial charge in [-0.05, 0) is 34.9 Å². The van der Waals surface area contributed by atoms with Crippen molar-refractivity contribution in [3.63, 3.8) is 0 Å². The number of aliphatic hydroxyl groups excluding tert-OH is 2. The molecule has 0 unspecified atom stereocenters. The van der Waals surface area contributed by atoms with Crippen molar-refractivity contribution in [2.24, 2.45) is 0 Å². The predicted octanol–water partition coefficient (Wildman–Crippen LogP) is 6.53. The smallest absolute Gasteiger partial charge is 0.338 e. The second-order valence-corrected chi connectivity index (χ2v) is 21.3. The van der Waals surface area contributed by atoms with Gasteiger partial charge < -0.3 is 48.1 Å². The number of esters is 1. The monoisotopic (exact) mass is 800 g/mol. The predicted molar refractivity (Wildman–Crippen MR) is 216 cm³/mol. The number of ether oxygens (including phenoxy) is 8. The zero-order valence-corrected chi connectivity index (χ0v) is 34.0. The van der Waals surface area contributed by atoms with Gasteiger partial charge in [0, 0.05) is 21.1 Å². The first-order valence-electron chi connectivity index (χ1n) is 19.7. The van der Waals surface area contributed by atoms with Crippen LogP contribution < -0.4 is 0 Å². The maximum Gasteiger partial charge on any atom is 0.338 e. The molecule has 2 aliphatic rings. The van der Waals surface area contributed by atoms with E-state index >= 15 is 0 Å². The van der Waals surface area contributed by atoms with Gasteiger partial charge in [0.25, 0.3) is 0 Å². The molecule has 0 aliphatic carbocycles. The molecule has 2 aliphatic heterocycles. The maximum atomic E-state index is 12.8. The Morgan fingerprint density at radius 2 is 1.19 bits per heavy atom. The fraction of sp³-hybridized carbons (Fsp3) is 0.444. The maximum absolute atomic E-state index is 12.8. The molecule has 2 fully saturated rings. The van der Waals surface area contributed by atoms with E-state index in [0.29, 0.717) is 18.8 Å². The highest BCUT2D eigenvalue weighted by Crippen LogP contribution is 2.34. The number of carbonyl (C=O) groups is 1. The number of benzene rings is 4. The Hall–Kier alpha value is -3.79. The molecule has 0 aromatic heterocycles. The van der Waals surface area contributed by atoms with Crippen molar-refractivity contribution < 1.29 is 52.9 Å². The van der Waals surface area contributed by atoms with E-state index in [2.05, 4.69) is 19.6 Å². The van der Waals surface area contributed by atoms with E-state index < -0.39 is 69.4 Å². The van der Waals surface area contributed by atoms with E-state index in [4.69, 9.17) is 37.9 Å². The number of aliphatic hydroxyl groups is 2. The molecular formula is C45H56O11Si. The largest absolute Gasteiger partial charge is 0.459 e. The van der Waals surface area contributed by atoms with E-state index in [1.165, 1.54) is 0 Å². The molecule has 9 atom stereocenters. The van der Waals surface area contributed by atoms with E-state index in [0.717, 1.165) is 22.7 Å². The molecule has 4 aromatic rings. The quantitative estimate of drug-likeness (QED) is 0.0793. The highest BCUT2D eigenvalue weighted by molar-refractivity contribution is 6.76. The van der Waals surface area contributed by atoms with Gasteiger partial charge in [-0.1, -0.05) is 129 Å². The van der Waals surface area contributed by atoms with Crippen LogP contribution in [0.15, 0.2) is 121 Å². The van der Waals surface area contributed by atoms with E-state index in [-0.39, 0.29) is 32.8 Å². The molecule has 0 radical (unpaired) electrons. The van der Waals surface area contributed by atoms with Crippen molar-refractivity contribution in [3.05, 3.63) is 144 Å². The fourth-order valence-corrected chi connectivity index (χ4v) is 7.42. The molecule has 6 rings (SSSR count). The van der Waals surface area contributed by atoms with Crippen molar-refractivity contribution in [2.45, 2.75) is 107 Å². The van der Waals surface area contributed by atoms with Crippen molar-refractivity contribution in [1.82, 2.24) is 0 Å². The topological polar surface area (TPSA) is 131 Å². The van der Waals surface area contributed by atoms with Crippen LogP contribution in [-0.4, -0.2) is 99.4 Å². The van der Waals surface area contributed by atoms with Crippen LogP contribution in [0.3, 0.4) is 0 Å². The minimum atomic E-state index is -1.48. The summed E-state index contributed by atoms with van der Waals surface area (Å²) in [4.78, 5) is 12.8. The highest BCUT2D eigenvalue weighted by Gasteiger charge is 2.51. The van der Waals surface area contributed by atoms with Gasteiger partial charge in [-0.25, -0.2) is 4.79 Å². The van der Waals surface area contributed by atoms with Crippen LogP contribution in [0.2, 0.25) is 25.7 Å². The van der Waals surface area contributed by atoms with Crippen LogP contribution >= 0.6 is 0 Å². The standard InChI is InChI=1S/C45H56O11Si/c1-57(2,3)25-24-50-45-43(52-29-34-20-12-6-13-21-34)42(51-28-33-18-10-5-11-19-33)41(38(55-45)30-49-27-32-16-8-4-9-17-32)56-39-26-36(46)40(47)37(54-39)31-53-44(48)35-22-14-7-15-23-35/h4-23,36-43,45-47H,24-31H2,1-3H3/t36-,37-,38-,39+,40-,41-,42+,43-,45-/m1/s1. The van der Waals surface area contributed by atoms with Crippen LogP contribution in [0.25, 0.3) is 0 Å². The number of rotatable bonds is 19. The molecule has 11 nitrogen and oxygen atoms in total. The summed E-state index contributed by atoms with van der Waals surface area (Å²) in [5.41, 5.74) is 3.27. The van der Waals surface area contributed by atoms with Crippen LogP contribution in [0.1, 0.15) is 33.5 Å².